The van der Waals surface area contributed by atoms with Crippen LogP contribution < -0.4 is 5.32 Å². The molecule has 102 valence electrons. The summed E-state index contributed by atoms with van der Waals surface area (Å²) in [5, 5.41) is 13.5. The monoisotopic (exact) mass is 312 g/mol. The summed E-state index contributed by atoms with van der Waals surface area (Å²) >= 11 is 11.4. The molecule has 0 unspecified atom stereocenters. The number of hydrogen-bond donors (Lipinski definition) is 1. The Morgan fingerprint density at radius 2 is 2.05 bits per heavy atom. The second-order valence-corrected chi connectivity index (χ2v) is 4.42. The molecule has 1 N–H and O–H groups in total. The van der Waals surface area contributed by atoms with Crippen LogP contribution in [0.15, 0.2) is 30.6 Å². The van der Waals surface area contributed by atoms with Gasteiger partial charge in [0.2, 0.25) is 0 Å². The van der Waals surface area contributed by atoms with Crippen LogP contribution in [0.3, 0.4) is 0 Å². The lowest BCUT2D eigenvalue weighted by Gasteiger charge is -2.05. The maximum atomic E-state index is 12.0. The van der Waals surface area contributed by atoms with Crippen molar-refractivity contribution in [3.63, 3.8) is 0 Å². The van der Waals surface area contributed by atoms with Gasteiger partial charge < -0.3 is 5.32 Å². The van der Waals surface area contributed by atoms with Gasteiger partial charge in [-0.3, -0.25) is 19.9 Å². The molecule has 1 aromatic heterocycles. The summed E-state index contributed by atoms with van der Waals surface area (Å²) in [6, 6.07) is 3.68. The first-order valence-corrected chi connectivity index (χ1v) is 5.96. The molecule has 0 aliphatic carbocycles. The Balaban J connectivity index is 2.34. The fourth-order valence-corrected chi connectivity index (χ4v) is 1.75. The Labute approximate surface area is 122 Å². The molecule has 1 heterocycles. The maximum absolute atomic E-state index is 12.0. The van der Waals surface area contributed by atoms with Crippen molar-refractivity contribution in [1.82, 2.24) is 9.97 Å². The normalized spacial score (nSPS) is 10.1. The Morgan fingerprint density at radius 1 is 1.30 bits per heavy atom. The van der Waals surface area contributed by atoms with Crippen LogP contribution in [0.5, 0.6) is 0 Å². The molecule has 1 amide bonds. The molecular formula is C11H6Cl2N4O3. The van der Waals surface area contributed by atoms with Crippen LogP contribution in [0.4, 0.5) is 11.5 Å². The number of halogens is 2. The van der Waals surface area contributed by atoms with Crippen LogP contribution in [0.2, 0.25) is 10.2 Å². The molecule has 0 spiro atoms. The summed E-state index contributed by atoms with van der Waals surface area (Å²) in [5.41, 5.74) is -0.536. The SMILES string of the molecule is O=C(Nc1cncc(Cl)n1)c1cc(Cl)ccc1[N+](=O)[O-]. The third-order valence-electron chi connectivity index (χ3n) is 2.25. The van der Waals surface area contributed by atoms with Crippen LogP contribution in [0.1, 0.15) is 10.4 Å². The van der Waals surface area contributed by atoms with Crippen LogP contribution in [-0.2, 0) is 0 Å². The number of carbonyl (C=O) groups excluding carboxylic acids is 1. The predicted molar refractivity (Wildman–Crippen MR) is 73.1 cm³/mol. The van der Waals surface area contributed by atoms with Gasteiger partial charge >= 0.3 is 0 Å². The van der Waals surface area contributed by atoms with E-state index in [0.717, 1.165) is 6.07 Å². The Bertz CT molecular complexity index is 693. The topological polar surface area (TPSA) is 98.0 Å². The van der Waals surface area contributed by atoms with Crippen molar-refractivity contribution >= 4 is 40.6 Å². The molecular weight excluding hydrogens is 307 g/mol. The van der Waals surface area contributed by atoms with Crippen molar-refractivity contribution in [1.29, 1.82) is 0 Å². The highest BCUT2D eigenvalue weighted by Crippen LogP contribution is 2.23. The Kier molecular flexibility index (Phi) is 4.11. The first kappa shape index (κ1) is 14.2. The number of carbonyl (C=O) groups is 1. The van der Waals surface area contributed by atoms with Crippen LogP contribution in [0, 0.1) is 10.1 Å². The zero-order chi connectivity index (χ0) is 14.7. The molecule has 0 fully saturated rings. The summed E-state index contributed by atoms with van der Waals surface area (Å²) in [6.45, 7) is 0. The lowest BCUT2D eigenvalue weighted by atomic mass is 10.1. The minimum atomic E-state index is -0.726. The molecule has 0 saturated heterocycles. The fraction of sp³-hybridized carbons (Fsp3) is 0. The van der Waals surface area contributed by atoms with Crippen molar-refractivity contribution in [3.8, 4) is 0 Å². The quantitative estimate of drug-likeness (QED) is 0.694. The molecule has 1 aromatic carbocycles. The van der Waals surface area contributed by atoms with E-state index in [1.54, 1.807) is 0 Å². The first-order chi connectivity index (χ1) is 9.47. The minimum Gasteiger partial charge on any atom is -0.305 e. The van der Waals surface area contributed by atoms with Gasteiger partial charge in [0.15, 0.2) is 5.82 Å². The summed E-state index contributed by atoms with van der Waals surface area (Å²) < 4.78 is 0. The van der Waals surface area contributed by atoms with Gasteiger partial charge in [-0.25, -0.2) is 4.98 Å². The standard InChI is InChI=1S/C11H6Cl2N4O3/c12-6-1-2-8(17(19)20)7(3-6)11(18)16-10-5-14-4-9(13)15-10/h1-5H,(H,15,16,18). The summed E-state index contributed by atoms with van der Waals surface area (Å²) in [7, 11) is 0. The van der Waals surface area contributed by atoms with Crippen molar-refractivity contribution in [3.05, 3.63) is 56.4 Å². The number of anilines is 1. The number of nitro groups is 1. The van der Waals surface area contributed by atoms with Crippen LogP contribution >= 0.6 is 23.2 Å². The number of hydrogen-bond acceptors (Lipinski definition) is 5. The molecule has 2 rings (SSSR count). The number of aromatic nitrogens is 2. The average molecular weight is 313 g/mol. The van der Waals surface area contributed by atoms with E-state index < -0.39 is 10.8 Å². The molecule has 0 atom stereocenters. The summed E-state index contributed by atoms with van der Waals surface area (Å²) in [5.74, 6) is -0.646. The van der Waals surface area contributed by atoms with Crippen molar-refractivity contribution in [2.45, 2.75) is 0 Å². The zero-order valence-electron chi connectivity index (χ0n) is 9.71. The lowest BCUT2D eigenvalue weighted by Crippen LogP contribution is -2.15. The van der Waals surface area contributed by atoms with Crippen LogP contribution in [-0.4, -0.2) is 20.8 Å². The number of nitrogens with one attached hydrogen (secondary N) is 1. The number of benzene rings is 1. The van der Waals surface area contributed by atoms with E-state index in [4.69, 9.17) is 23.2 Å². The molecule has 0 aliphatic rings. The predicted octanol–water partition coefficient (Wildman–Crippen LogP) is 2.94. The van der Waals surface area contributed by atoms with Crippen molar-refractivity contribution in [2.24, 2.45) is 0 Å². The number of amides is 1. The van der Waals surface area contributed by atoms with Gasteiger partial charge in [-0.05, 0) is 12.1 Å². The second-order valence-electron chi connectivity index (χ2n) is 3.60. The minimum absolute atomic E-state index is 0.0803. The van der Waals surface area contributed by atoms with E-state index in [-0.39, 0.29) is 27.2 Å². The molecule has 0 bridgehead atoms. The third kappa shape index (κ3) is 3.19. The Morgan fingerprint density at radius 3 is 2.70 bits per heavy atom. The third-order valence-corrected chi connectivity index (χ3v) is 2.66. The van der Waals surface area contributed by atoms with E-state index in [1.165, 1.54) is 24.5 Å². The van der Waals surface area contributed by atoms with Crippen molar-refractivity contribution < 1.29 is 9.72 Å². The highest BCUT2D eigenvalue weighted by molar-refractivity contribution is 6.31. The van der Waals surface area contributed by atoms with E-state index in [2.05, 4.69) is 15.3 Å². The average Bonchev–Trinajstić information content (AvgIpc) is 2.38. The molecule has 0 saturated carbocycles. The molecule has 0 radical (unpaired) electrons. The Hall–Kier alpha value is -2.25. The molecule has 20 heavy (non-hydrogen) atoms. The maximum Gasteiger partial charge on any atom is 0.282 e. The van der Waals surface area contributed by atoms with E-state index in [0.29, 0.717) is 0 Å². The van der Waals surface area contributed by atoms with E-state index in [9.17, 15) is 14.9 Å². The highest BCUT2D eigenvalue weighted by Gasteiger charge is 2.21. The molecule has 2 aromatic rings. The summed E-state index contributed by atoms with van der Waals surface area (Å²) in [4.78, 5) is 29.8. The van der Waals surface area contributed by atoms with Crippen molar-refractivity contribution in [2.75, 3.05) is 5.32 Å². The van der Waals surface area contributed by atoms with E-state index in [1.807, 2.05) is 0 Å². The largest absolute Gasteiger partial charge is 0.305 e. The van der Waals surface area contributed by atoms with Gasteiger partial charge in [0.25, 0.3) is 11.6 Å². The van der Waals surface area contributed by atoms with Crippen LogP contribution in [0.25, 0.3) is 0 Å². The smallest absolute Gasteiger partial charge is 0.282 e. The first-order valence-electron chi connectivity index (χ1n) is 5.20. The molecule has 0 aliphatic heterocycles. The molecule has 7 nitrogen and oxygen atoms in total. The molecule has 9 heteroatoms. The van der Waals surface area contributed by atoms with Gasteiger partial charge in [-0.1, -0.05) is 23.2 Å². The highest BCUT2D eigenvalue weighted by atomic mass is 35.5. The fourth-order valence-electron chi connectivity index (χ4n) is 1.44. The number of nitro benzene ring substituents is 1. The van der Waals surface area contributed by atoms with E-state index >= 15 is 0 Å². The van der Waals surface area contributed by atoms with Gasteiger partial charge in [0.05, 0.1) is 17.3 Å². The van der Waals surface area contributed by atoms with Gasteiger partial charge in [-0.15, -0.1) is 0 Å². The van der Waals surface area contributed by atoms with Gasteiger partial charge in [0, 0.05) is 11.1 Å². The lowest BCUT2D eigenvalue weighted by molar-refractivity contribution is -0.385. The second kappa shape index (κ2) is 5.81. The van der Waals surface area contributed by atoms with Gasteiger partial charge in [0.1, 0.15) is 10.7 Å². The number of nitrogens with zero attached hydrogens (tertiary/aromatic N) is 3. The number of rotatable bonds is 3. The zero-order valence-corrected chi connectivity index (χ0v) is 11.2. The summed E-state index contributed by atoms with van der Waals surface area (Å²) in [6.07, 6.45) is 2.55. The van der Waals surface area contributed by atoms with Gasteiger partial charge in [-0.2, -0.15) is 0 Å².